The van der Waals surface area contributed by atoms with E-state index in [1.807, 2.05) is 0 Å². The zero-order valence-electron chi connectivity index (χ0n) is 11.5. The summed E-state index contributed by atoms with van der Waals surface area (Å²) in [6, 6.07) is 12.9. The molecule has 0 fully saturated rings. The van der Waals surface area contributed by atoms with Gasteiger partial charge in [-0.15, -0.1) is 0 Å². The van der Waals surface area contributed by atoms with Crippen molar-refractivity contribution in [2.24, 2.45) is 0 Å². The van der Waals surface area contributed by atoms with Gasteiger partial charge in [-0.05, 0) is 41.3 Å². The predicted octanol–water partition coefficient (Wildman–Crippen LogP) is 5.20. The van der Waals surface area contributed by atoms with Crippen LogP contribution in [-0.2, 0) is 0 Å². The fourth-order valence-electron chi connectivity index (χ4n) is 2.83. The van der Waals surface area contributed by atoms with Gasteiger partial charge in [-0.2, -0.15) is 0 Å². The molecule has 0 radical (unpaired) electrons. The van der Waals surface area contributed by atoms with Crippen LogP contribution in [0.4, 0.5) is 0 Å². The van der Waals surface area contributed by atoms with Crippen LogP contribution in [0.5, 0.6) is 5.75 Å². The Morgan fingerprint density at radius 1 is 1.05 bits per heavy atom. The molecule has 19 heavy (non-hydrogen) atoms. The Labute approximate surface area is 114 Å². The van der Waals surface area contributed by atoms with E-state index in [1.165, 1.54) is 41.2 Å². The average molecular weight is 252 g/mol. The summed E-state index contributed by atoms with van der Waals surface area (Å²) in [5.74, 6) is 1.05. The molecule has 1 aliphatic heterocycles. The Kier molecular flexibility index (Phi) is 3.54. The van der Waals surface area contributed by atoms with Crippen LogP contribution in [0.15, 0.2) is 42.5 Å². The van der Waals surface area contributed by atoms with Gasteiger partial charge in [0, 0.05) is 5.56 Å². The van der Waals surface area contributed by atoms with Crippen molar-refractivity contribution in [3.63, 3.8) is 0 Å². The molecule has 0 N–H and O–H groups in total. The largest absolute Gasteiger partial charge is 0.489 e. The number of benzene rings is 2. The molecule has 0 saturated heterocycles. The lowest BCUT2D eigenvalue weighted by Crippen LogP contribution is -2.05. The number of allylic oxidation sites excluding steroid dienone is 1. The summed E-state index contributed by atoms with van der Waals surface area (Å²) in [5, 5.41) is 2.62. The molecule has 0 bridgehead atoms. The van der Waals surface area contributed by atoms with Gasteiger partial charge in [0.1, 0.15) is 12.4 Å². The number of ether oxygens (including phenoxy) is 1. The van der Waals surface area contributed by atoms with Crippen LogP contribution < -0.4 is 4.74 Å². The monoisotopic (exact) mass is 252 g/mol. The highest BCUT2D eigenvalue weighted by Crippen LogP contribution is 2.38. The van der Waals surface area contributed by atoms with Crippen molar-refractivity contribution >= 4 is 16.3 Å². The maximum absolute atomic E-state index is 5.79. The van der Waals surface area contributed by atoms with Crippen molar-refractivity contribution in [3.05, 3.63) is 48.0 Å². The SMILES string of the molecule is CCCCCC1=CCOc2ccc3ccccc3c21. The Morgan fingerprint density at radius 2 is 1.95 bits per heavy atom. The number of unbranched alkanes of at least 4 members (excludes halogenated alkanes) is 2. The van der Waals surface area contributed by atoms with E-state index in [9.17, 15) is 0 Å². The Bertz CT molecular complexity index is 610. The standard InChI is InChI=1S/C18H20O/c1-2-3-4-8-15-12-13-19-17-11-10-14-7-5-6-9-16(14)18(15)17/h5-7,9-12H,2-4,8,13H2,1H3. The number of rotatable bonds is 4. The van der Waals surface area contributed by atoms with Gasteiger partial charge in [-0.25, -0.2) is 0 Å². The van der Waals surface area contributed by atoms with E-state index in [4.69, 9.17) is 4.74 Å². The van der Waals surface area contributed by atoms with Gasteiger partial charge in [-0.3, -0.25) is 0 Å². The van der Waals surface area contributed by atoms with Crippen LogP contribution in [0.1, 0.15) is 38.2 Å². The summed E-state index contributed by atoms with van der Waals surface area (Å²) in [6.45, 7) is 2.97. The van der Waals surface area contributed by atoms with E-state index < -0.39 is 0 Å². The smallest absolute Gasteiger partial charge is 0.127 e. The molecule has 0 aliphatic carbocycles. The van der Waals surface area contributed by atoms with E-state index in [0.717, 1.165) is 12.2 Å². The van der Waals surface area contributed by atoms with Crippen molar-refractivity contribution in [1.82, 2.24) is 0 Å². The molecule has 1 nitrogen and oxygen atoms in total. The van der Waals surface area contributed by atoms with Crippen LogP contribution in [0.2, 0.25) is 0 Å². The molecule has 3 rings (SSSR count). The van der Waals surface area contributed by atoms with Crippen molar-refractivity contribution in [2.75, 3.05) is 6.61 Å². The molecule has 0 aromatic heterocycles. The normalized spacial score (nSPS) is 13.8. The Balaban J connectivity index is 2.03. The fourth-order valence-corrected chi connectivity index (χ4v) is 2.83. The van der Waals surface area contributed by atoms with E-state index >= 15 is 0 Å². The first-order chi connectivity index (χ1) is 9.40. The lowest BCUT2D eigenvalue weighted by Gasteiger charge is -2.20. The van der Waals surface area contributed by atoms with E-state index in [2.05, 4.69) is 49.4 Å². The Hall–Kier alpha value is -1.76. The summed E-state index contributed by atoms with van der Waals surface area (Å²) in [7, 11) is 0. The summed E-state index contributed by atoms with van der Waals surface area (Å²) in [4.78, 5) is 0. The molecule has 2 aromatic rings. The third-order valence-electron chi connectivity index (χ3n) is 3.83. The van der Waals surface area contributed by atoms with Gasteiger partial charge in [0.05, 0.1) is 0 Å². The summed E-state index contributed by atoms with van der Waals surface area (Å²) in [6.07, 6.45) is 7.26. The van der Waals surface area contributed by atoms with Crippen LogP contribution in [0.25, 0.3) is 16.3 Å². The van der Waals surface area contributed by atoms with Gasteiger partial charge < -0.3 is 4.74 Å². The third kappa shape index (κ3) is 2.37. The van der Waals surface area contributed by atoms with Crippen LogP contribution in [-0.4, -0.2) is 6.61 Å². The molecule has 0 amide bonds. The summed E-state index contributed by atoms with van der Waals surface area (Å²) in [5.41, 5.74) is 2.78. The molecule has 0 unspecified atom stereocenters. The zero-order chi connectivity index (χ0) is 13.1. The second-order valence-electron chi connectivity index (χ2n) is 5.16. The van der Waals surface area contributed by atoms with Crippen molar-refractivity contribution < 1.29 is 4.74 Å². The third-order valence-corrected chi connectivity index (χ3v) is 3.83. The molecular formula is C18H20O. The zero-order valence-corrected chi connectivity index (χ0v) is 11.5. The lowest BCUT2D eigenvalue weighted by molar-refractivity contribution is 0.357. The molecule has 0 spiro atoms. The highest BCUT2D eigenvalue weighted by molar-refractivity contribution is 5.97. The minimum absolute atomic E-state index is 0.715. The first-order valence-corrected chi connectivity index (χ1v) is 7.24. The minimum atomic E-state index is 0.715. The number of hydrogen-bond acceptors (Lipinski definition) is 1. The molecule has 1 aliphatic rings. The van der Waals surface area contributed by atoms with E-state index in [0.29, 0.717) is 6.61 Å². The molecule has 1 heteroatoms. The highest BCUT2D eigenvalue weighted by atomic mass is 16.5. The van der Waals surface area contributed by atoms with Gasteiger partial charge in [0.2, 0.25) is 0 Å². The topological polar surface area (TPSA) is 9.23 Å². The maximum Gasteiger partial charge on any atom is 0.127 e. The quantitative estimate of drug-likeness (QED) is 0.680. The van der Waals surface area contributed by atoms with Crippen molar-refractivity contribution in [1.29, 1.82) is 0 Å². The fraction of sp³-hybridized carbons (Fsp3) is 0.333. The van der Waals surface area contributed by atoms with Gasteiger partial charge in [0.15, 0.2) is 0 Å². The van der Waals surface area contributed by atoms with E-state index in [1.54, 1.807) is 0 Å². The average Bonchev–Trinajstić information content (AvgIpc) is 2.47. The highest BCUT2D eigenvalue weighted by Gasteiger charge is 2.16. The van der Waals surface area contributed by atoms with Crippen molar-refractivity contribution in [2.45, 2.75) is 32.6 Å². The lowest BCUT2D eigenvalue weighted by atomic mass is 9.92. The second kappa shape index (κ2) is 5.48. The van der Waals surface area contributed by atoms with E-state index in [-0.39, 0.29) is 0 Å². The molecule has 0 atom stereocenters. The van der Waals surface area contributed by atoms with Gasteiger partial charge >= 0.3 is 0 Å². The van der Waals surface area contributed by atoms with Gasteiger partial charge in [0.25, 0.3) is 0 Å². The molecule has 0 saturated carbocycles. The van der Waals surface area contributed by atoms with Crippen LogP contribution in [0, 0.1) is 0 Å². The van der Waals surface area contributed by atoms with Crippen molar-refractivity contribution in [3.8, 4) is 5.75 Å². The molecule has 1 heterocycles. The van der Waals surface area contributed by atoms with Crippen LogP contribution >= 0.6 is 0 Å². The Morgan fingerprint density at radius 3 is 2.84 bits per heavy atom. The summed E-state index contributed by atoms with van der Waals surface area (Å²) < 4.78 is 5.79. The molecule has 98 valence electrons. The summed E-state index contributed by atoms with van der Waals surface area (Å²) >= 11 is 0. The first-order valence-electron chi connectivity index (χ1n) is 7.24. The van der Waals surface area contributed by atoms with Crippen LogP contribution in [0.3, 0.4) is 0 Å². The predicted molar refractivity (Wildman–Crippen MR) is 81.6 cm³/mol. The maximum atomic E-state index is 5.79. The number of fused-ring (bicyclic) bond motifs is 3. The first kappa shape index (κ1) is 12.3. The van der Waals surface area contributed by atoms with Gasteiger partial charge in [-0.1, -0.05) is 50.1 Å². The minimum Gasteiger partial charge on any atom is -0.489 e. The molecular weight excluding hydrogens is 232 g/mol. The number of hydrogen-bond donors (Lipinski definition) is 0. The second-order valence-corrected chi connectivity index (χ2v) is 5.16. The molecule has 2 aromatic carbocycles.